The molecule has 3 aromatic rings. The van der Waals surface area contributed by atoms with Gasteiger partial charge >= 0.3 is 5.97 Å². The highest BCUT2D eigenvalue weighted by molar-refractivity contribution is 5.87. The predicted octanol–water partition coefficient (Wildman–Crippen LogP) is 3.06. The zero-order valence-corrected chi connectivity index (χ0v) is 15.0. The van der Waals surface area contributed by atoms with E-state index in [1.165, 1.54) is 5.56 Å². The maximum Gasteiger partial charge on any atom is 0.323 e. The number of nitrogens with one attached hydrogen (secondary N) is 2. The molecule has 27 heavy (non-hydrogen) atoms. The van der Waals surface area contributed by atoms with Crippen LogP contribution in [0.3, 0.4) is 0 Å². The van der Waals surface area contributed by atoms with Gasteiger partial charge in [-0.05, 0) is 30.7 Å². The van der Waals surface area contributed by atoms with Crippen molar-refractivity contribution in [2.75, 3.05) is 13.4 Å². The molecule has 0 radical (unpaired) electrons. The highest BCUT2D eigenvalue weighted by atomic mass is 16.7. The van der Waals surface area contributed by atoms with E-state index < -0.39 is 6.04 Å². The van der Waals surface area contributed by atoms with Gasteiger partial charge < -0.3 is 19.2 Å². The van der Waals surface area contributed by atoms with Gasteiger partial charge in [-0.2, -0.15) is 0 Å². The van der Waals surface area contributed by atoms with Crippen LogP contribution in [0, 0.1) is 0 Å². The van der Waals surface area contributed by atoms with Crippen molar-refractivity contribution in [1.29, 1.82) is 0 Å². The summed E-state index contributed by atoms with van der Waals surface area (Å²) in [5, 5.41) is 4.65. The molecular formula is C21H20N2O4. The van der Waals surface area contributed by atoms with Crippen molar-refractivity contribution in [1.82, 2.24) is 10.3 Å². The Bertz CT molecular complexity index is 1030. The predicted molar refractivity (Wildman–Crippen MR) is 100.0 cm³/mol. The van der Waals surface area contributed by atoms with Crippen molar-refractivity contribution in [2.45, 2.75) is 25.4 Å². The summed E-state index contributed by atoms with van der Waals surface area (Å²) in [7, 11) is 0. The average Bonchev–Trinajstić information content (AvgIpc) is 3.30. The number of benzene rings is 2. The fourth-order valence-corrected chi connectivity index (χ4v) is 4.01. The molecule has 6 heteroatoms. The topological polar surface area (TPSA) is 72.6 Å². The molecule has 0 spiro atoms. The van der Waals surface area contributed by atoms with Crippen molar-refractivity contribution in [2.24, 2.45) is 0 Å². The number of fused-ring (bicyclic) bond motifs is 4. The zero-order valence-electron chi connectivity index (χ0n) is 15.0. The van der Waals surface area contributed by atoms with Gasteiger partial charge in [0.1, 0.15) is 6.04 Å². The standard InChI is InChI=1S/C21H20N2O4/c1-2-25-21(24)16-10-15-19(13-5-3-4-6-14(13)22-15)20(23-16)12-7-8-17-18(9-12)27-11-26-17/h3-9,16,20,22-23H,2,10-11H2,1H3/t16-,20+/m1/s1. The summed E-state index contributed by atoms with van der Waals surface area (Å²) in [6, 6.07) is 13.6. The highest BCUT2D eigenvalue weighted by Crippen LogP contribution is 2.40. The summed E-state index contributed by atoms with van der Waals surface area (Å²) in [6.45, 7) is 2.43. The van der Waals surface area contributed by atoms with Crippen molar-refractivity contribution in [3.05, 3.63) is 59.3 Å². The second-order valence-corrected chi connectivity index (χ2v) is 6.78. The Balaban J connectivity index is 1.63. The molecule has 2 N–H and O–H groups in total. The number of carbonyl (C=O) groups excluding carboxylic acids is 1. The van der Waals surface area contributed by atoms with Crippen LogP contribution >= 0.6 is 0 Å². The van der Waals surface area contributed by atoms with Crippen LogP contribution in [0.15, 0.2) is 42.5 Å². The normalized spacial score (nSPS) is 20.5. The first-order chi connectivity index (χ1) is 13.2. The molecule has 0 aliphatic carbocycles. The molecule has 2 aliphatic heterocycles. The molecule has 6 nitrogen and oxygen atoms in total. The van der Waals surface area contributed by atoms with Gasteiger partial charge in [0.25, 0.3) is 0 Å². The van der Waals surface area contributed by atoms with Crippen molar-refractivity contribution in [3.63, 3.8) is 0 Å². The molecule has 2 aromatic carbocycles. The first-order valence-electron chi connectivity index (χ1n) is 9.16. The first kappa shape index (κ1) is 16.2. The number of aromatic amines is 1. The number of hydrogen-bond acceptors (Lipinski definition) is 5. The van der Waals surface area contributed by atoms with E-state index in [0.29, 0.717) is 13.0 Å². The molecule has 0 bridgehead atoms. The quantitative estimate of drug-likeness (QED) is 0.699. The lowest BCUT2D eigenvalue weighted by atomic mass is 9.89. The van der Waals surface area contributed by atoms with Crippen LogP contribution < -0.4 is 14.8 Å². The molecule has 2 aliphatic rings. The van der Waals surface area contributed by atoms with E-state index in [9.17, 15) is 4.79 Å². The Morgan fingerprint density at radius 1 is 1.19 bits per heavy atom. The van der Waals surface area contributed by atoms with E-state index in [1.807, 2.05) is 37.3 Å². The van der Waals surface area contributed by atoms with E-state index >= 15 is 0 Å². The van der Waals surface area contributed by atoms with Crippen molar-refractivity contribution < 1.29 is 19.0 Å². The third-order valence-corrected chi connectivity index (χ3v) is 5.19. The summed E-state index contributed by atoms with van der Waals surface area (Å²) in [4.78, 5) is 15.9. The maximum atomic E-state index is 12.4. The lowest BCUT2D eigenvalue weighted by molar-refractivity contribution is -0.146. The van der Waals surface area contributed by atoms with Crippen LogP contribution in [-0.4, -0.2) is 30.4 Å². The smallest absolute Gasteiger partial charge is 0.323 e. The zero-order chi connectivity index (χ0) is 18.4. The molecule has 3 heterocycles. The van der Waals surface area contributed by atoms with E-state index in [2.05, 4.69) is 22.4 Å². The fraction of sp³-hybridized carbons (Fsp3) is 0.286. The van der Waals surface area contributed by atoms with E-state index in [-0.39, 0.29) is 18.8 Å². The SMILES string of the molecule is CCOC(=O)[C@H]1Cc2[nH]c3ccccc3c2[C@H](c2ccc3c(c2)OCO3)N1. The number of ether oxygens (including phenoxy) is 3. The second kappa shape index (κ2) is 6.32. The van der Waals surface area contributed by atoms with Gasteiger partial charge in [-0.15, -0.1) is 0 Å². The fourth-order valence-electron chi connectivity index (χ4n) is 4.01. The van der Waals surface area contributed by atoms with Gasteiger partial charge in [0.2, 0.25) is 6.79 Å². The number of esters is 1. The van der Waals surface area contributed by atoms with Gasteiger partial charge in [0, 0.05) is 28.6 Å². The largest absolute Gasteiger partial charge is 0.465 e. The van der Waals surface area contributed by atoms with Crippen LogP contribution in [0.2, 0.25) is 0 Å². The van der Waals surface area contributed by atoms with Crippen LogP contribution in [-0.2, 0) is 16.0 Å². The van der Waals surface area contributed by atoms with E-state index in [0.717, 1.165) is 33.7 Å². The van der Waals surface area contributed by atoms with Crippen molar-refractivity contribution >= 4 is 16.9 Å². The minimum Gasteiger partial charge on any atom is -0.465 e. The van der Waals surface area contributed by atoms with Gasteiger partial charge in [0.05, 0.1) is 12.6 Å². The number of aromatic nitrogens is 1. The molecule has 0 fully saturated rings. The van der Waals surface area contributed by atoms with Crippen molar-refractivity contribution in [3.8, 4) is 11.5 Å². The molecule has 0 saturated carbocycles. The summed E-state index contributed by atoms with van der Waals surface area (Å²) in [6.07, 6.45) is 0.573. The van der Waals surface area contributed by atoms with Crippen LogP contribution in [0.5, 0.6) is 11.5 Å². The summed E-state index contributed by atoms with van der Waals surface area (Å²) in [5.74, 6) is 1.25. The lowest BCUT2D eigenvalue weighted by Gasteiger charge is -2.30. The number of rotatable bonds is 3. The number of H-pyrrole nitrogens is 1. The number of para-hydroxylation sites is 1. The summed E-state index contributed by atoms with van der Waals surface area (Å²) >= 11 is 0. The minimum absolute atomic E-state index is 0.145. The Kier molecular flexibility index (Phi) is 3.79. The monoisotopic (exact) mass is 364 g/mol. The molecule has 1 aromatic heterocycles. The van der Waals surface area contributed by atoms with E-state index in [4.69, 9.17) is 14.2 Å². The number of hydrogen-bond donors (Lipinski definition) is 2. The van der Waals surface area contributed by atoms with Gasteiger partial charge in [0.15, 0.2) is 11.5 Å². The van der Waals surface area contributed by atoms with E-state index in [1.54, 1.807) is 0 Å². The summed E-state index contributed by atoms with van der Waals surface area (Å²) < 4.78 is 16.3. The van der Waals surface area contributed by atoms with Gasteiger partial charge in [-0.25, -0.2) is 0 Å². The molecule has 0 unspecified atom stereocenters. The molecule has 0 amide bonds. The average molecular weight is 364 g/mol. The third kappa shape index (κ3) is 2.64. The van der Waals surface area contributed by atoms with Crippen LogP contribution in [0.1, 0.15) is 29.8 Å². The maximum absolute atomic E-state index is 12.4. The molecule has 5 rings (SSSR count). The lowest BCUT2D eigenvalue weighted by Crippen LogP contribution is -2.45. The number of carbonyl (C=O) groups is 1. The Morgan fingerprint density at radius 2 is 2.04 bits per heavy atom. The van der Waals surface area contributed by atoms with Gasteiger partial charge in [-0.1, -0.05) is 24.3 Å². The van der Waals surface area contributed by atoms with Crippen LogP contribution in [0.25, 0.3) is 10.9 Å². The molecule has 2 atom stereocenters. The third-order valence-electron chi connectivity index (χ3n) is 5.19. The molecule has 138 valence electrons. The summed E-state index contributed by atoms with van der Waals surface area (Å²) in [5.41, 5.74) is 4.33. The second-order valence-electron chi connectivity index (χ2n) is 6.78. The molecular weight excluding hydrogens is 344 g/mol. The Labute approximate surface area is 156 Å². The minimum atomic E-state index is -0.402. The first-order valence-corrected chi connectivity index (χ1v) is 9.16. The Hall–Kier alpha value is -2.99. The molecule has 0 saturated heterocycles. The van der Waals surface area contributed by atoms with Crippen LogP contribution in [0.4, 0.5) is 0 Å². The van der Waals surface area contributed by atoms with Gasteiger partial charge in [-0.3, -0.25) is 10.1 Å². The highest BCUT2D eigenvalue weighted by Gasteiger charge is 2.35. The Morgan fingerprint density at radius 3 is 2.93 bits per heavy atom.